The summed E-state index contributed by atoms with van der Waals surface area (Å²) in [7, 11) is 0. The minimum Gasteiger partial charge on any atom is -0.310 e. The number of aromatic amines is 2. The van der Waals surface area contributed by atoms with Crippen LogP contribution in [0.4, 0.5) is 0 Å². The summed E-state index contributed by atoms with van der Waals surface area (Å²) in [6, 6.07) is 0. The van der Waals surface area contributed by atoms with Crippen LogP contribution >= 0.6 is 0 Å². The van der Waals surface area contributed by atoms with Gasteiger partial charge in [-0.05, 0) is 25.2 Å². The Kier molecular flexibility index (Phi) is 1.37. The predicted molar refractivity (Wildman–Crippen MR) is 42.8 cm³/mol. The quantitative estimate of drug-likeness (QED) is 0.575. The van der Waals surface area contributed by atoms with Gasteiger partial charge in [0.1, 0.15) is 0 Å². The fourth-order valence-corrected chi connectivity index (χ4v) is 1.78. The van der Waals surface area contributed by atoms with Crippen LogP contribution in [0.15, 0.2) is 4.79 Å². The van der Waals surface area contributed by atoms with E-state index < -0.39 is 0 Å². The van der Waals surface area contributed by atoms with Crippen molar-refractivity contribution in [2.75, 3.05) is 0 Å². The number of aromatic nitrogens is 2. The lowest BCUT2D eigenvalue weighted by Crippen LogP contribution is -2.06. The van der Waals surface area contributed by atoms with Crippen molar-refractivity contribution in [2.45, 2.75) is 32.1 Å². The van der Waals surface area contributed by atoms with Gasteiger partial charge in [0.15, 0.2) is 0 Å². The lowest BCUT2D eigenvalue weighted by molar-refractivity contribution is 0.574. The van der Waals surface area contributed by atoms with Crippen LogP contribution in [0.25, 0.3) is 0 Å². The molecule has 2 N–H and O–H groups in total. The molecule has 0 saturated carbocycles. The van der Waals surface area contributed by atoms with E-state index in [-0.39, 0.29) is 5.69 Å². The molecule has 60 valence electrons. The largest absolute Gasteiger partial charge is 0.323 e. The molecule has 11 heavy (non-hydrogen) atoms. The van der Waals surface area contributed by atoms with Gasteiger partial charge in [-0.1, -0.05) is 6.92 Å². The first-order chi connectivity index (χ1) is 5.27. The zero-order valence-electron chi connectivity index (χ0n) is 6.61. The highest BCUT2D eigenvalue weighted by atomic mass is 16.1. The fraction of sp³-hybridized carbons (Fsp3) is 0.625. The molecule has 3 nitrogen and oxygen atoms in total. The van der Waals surface area contributed by atoms with Crippen LogP contribution in [0.2, 0.25) is 0 Å². The summed E-state index contributed by atoms with van der Waals surface area (Å²) >= 11 is 0. The van der Waals surface area contributed by atoms with Crippen LogP contribution < -0.4 is 5.69 Å². The number of fused-ring (bicyclic) bond motifs is 1. The van der Waals surface area contributed by atoms with E-state index in [9.17, 15) is 4.79 Å². The zero-order chi connectivity index (χ0) is 7.84. The average molecular weight is 152 g/mol. The molecule has 1 aromatic rings. The Morgan fingerprint density at radius 3 is 3.00 bits per heavy atom. The summed E-state index contributed by atoms with van der Waals surface area (Å²) in [4.78, 5) is 16.5. The molecule has 1 unspecified atom stereocenters. The average Bonchev–Trinajstić information content (AvgIpc) is 2.31. The molecule has 0 spiro atoms. The van der Waals surface area contributed by atoms with Crippen LogP contribution in [0, 0.1) is 0 Å². The highest BCUT2D eigenvalue weighted by Gasteiger charge is 2.18. The fourth-order valence-electron chi connectivity index (χ4n) is 1.78. The molecule has 1 heterocycles. The predicted octanol–water partition coefficient (Wildman–Crippen LogP) is 1.14. The van der Waals surface area contributed by atoms with Crippen molar-refractivity contribution in [2.24, 2.45) is 0 Å². The Labute approximate surface area is 64.8 Å². The summed E-state index contributed by atoms with van der Waals surface area (Å²) < 4.78 is 0. The van der Waals surface area contributed by atoms with Gasteiger partial charge in [0.2, 0.25) is 0 Å². The molecule has 0 fully saturated rings. The molecule has 0 aromatic carbocycles. The molecule has 0 amide bonds. The van der Waals surface area contributed by atoms with Crippen molar-refractivity contribution in [1.29, 1.82) is 0 Å². The molecule has 0 saturated heterocycles. The van der Waals surface area contributed by atoms with Crippen LogP contribution in [-0.4, -0.2) is 9.97 Å². The molecule has 1 aliphatic carbocycles. The van der Waals surface area contributed by atoms with Gasteiger partial charge in [-0.2, -0.15) is 0 Å². The molecule has 1 aromatic heterocycles. The van der Waals surface area contributed by atoms with Gasteiger partial charge in [0, 0.05) is 11.4 Å². The monoisotopic (exact) mass is 152 g/mol. The van der Waals surface area contributed by atoms with Gasteiger partial charge >= 0.3 is 5.69 Å². The highest BCUT2D eigenvalue weighted by molar-refractivity contribution is 5.18. The third kappa shape index (κ3) is 1.00. The Morgan fingerprint density at radius 1 is 1.45 bits per heavy atom. The number of hydrogen-bond donors (Lipinski definition) is 2. The van der Waals surface area contributed by atoms with E-state index in [2.05, 4.69) is 16.9 Å². The smallest absolute Gasteiger partial charge is 0.310 e. The van der Waals surface area contributed by atoms with Crippen LogP contribution in [-0.2, 0) is 6.42 Å². The van der Waals surface area contributed by atoms with Crippen molar-refractivity contribution in [3.05, 3.63) is 21.9 Å². The maximum atomic E-state index is 10.9. The Bertz CT molecular complexity index is 310. The first kappa shape index (κ1) is 6.70. The molecule has 1 atom stereocenters. The second-order valence-electron chi connectivity index (χ2n) is 3.26. The van der Waals surface area contributed by atoms with E-state index in [1.807, 2.05) is 0 Å². The Balaban J connectivity index is 2.52. The molecule has 0 aliphatic heterocycles. The lowest BCUT2D eigenvalue weighted by Gasteiger charge is -2.16. The van der Waals surface area contributed by atoms with Crippen molar-refractivity contribution in [3.8, 4) is 0 Å². The van der Waals surface area contributed by atoms with Crippen LogP contribution in [0.3, 0.4) is 0 Å². The molecule has 0 bridgehead atoms. The normalized spacial score (nSPS) is 23.2. The number of imidazole rings is 1. The number of H-pyrrole nitrogens is 2. The van der Waals surface area contributed by atoms with E-state index in [1.54, 1.807) is 0 Å². The minimum absolute atomic E-state index is 0.0521. The van der Waals surface area contributed by atoms with Crippen molar-refractivity contribution < 1.29 is 0 Å². The third-order valence-electron chi connectivity index (χ3n) is 2.39. The topological polar surface area (TPSA) is 48.6 Å². The van der Waals surface area contributed by atoms with Gasteiger partial charge in [0.25, 0.3) is 0 Å². The maximum Gasteiger partial charge on any atom is 0.323 e. The number of nitrogens with one attached hydrogen (secondary N) is 2. The Morgan fingerprint density at radius 2 is 2.27 bits per heavy atom. The molecule has 1 aliphatic rings. The van der Waals surface area contributed by atoms with Gasteiger partial charge in [0.05, 0.1) is 0 Å². The standard InChI is InChI=1S/C8H12N2O/c1-5-3-2-4-6-7(5)10-8(11)9-6/h5H,2-4H2,1H3,(H2,9,10,11). The second-order valence-corrected chi connectivity index (χ2v) is 3.26. The van der Waals surface area contributed by atoms with Crippen molar-refractivity contribution >= 4 is 0 Å². The molecular weight excluding hydrogens is 140 g/mol. The van der Waals surface area contributed by atoms with Crippen LogP contribution in [0.1, 0.15) is 37.1 Å². The number of aryl methyl sites for hydroxylation is 1. The Hall–Kier alpha value is -0.990. The second kappa shape index (κ2) is 2.26. The van der Waals surface area contributed by atoms with Gasteiger partial charge in [-0.15, -0.1) is 0 Å². The van der Waals surface area contributed by atoms with Crippen molar-refractivity contribution in [1.82, 2.24) is 9.97 Å². The zero-order valence-corrected chi connectivity index (χ0v) is 6.61. The summed E-state index contributed by atoms with van der Waals surface area (Å²) in [5.41, 5.74) is 2.19. The van der Waals surface area contributed by atoms with E-state index >= 15 is 0 Å². The number of rotatable bonds is 0. The summed E-state index contributed by atoms with van der Waals surface area (Å²) in [6.07, 6.45) is 3.42. The molecule has 2 rings (SSSR count). The van der Waals surface area contributed by atoms with E-state index in [1.165, 1.54) is 12.8 Å². The molecular formula is C8H12N2O. The van der Waals surface area contributed by atoms with E-state index in [4.69, 9.17) is 0 Å². The first-order valence-corrected chi connectivity index (χ1v) is 4.08. The van der Waals surface area contributed by atoms with E-state index in [0.29, 0.717) is 5.92 Å². The number of hydrogen-bond acceptors (Lipinski definition) is 1. The van der Waals surface area contributed by atoms with Gasteiger partial charge in [-0.25, -0.2) is 4.79 Å². The minimum atomic E-state index is -0.0521. The van der Waals surface area contributed by atoms with Gasteiger partial charge in [-0.3, -0.25) is 0 Å². The summed E-state index contributed by atoms with van der Waals surface area (Å²) in [6.45, 7) is 2.15. The first-order valence-electron chi connectivity index (χ1n) is 4.08. The molecule has 0 radical (unpaired) electrons. The third-order valence-corrected chi connectivity index (χ3v) is 2.39. The summed E-state index contributed by atoms with van der Waals surface area (Å²) in [5.74, 6) is 0.526. The SMILES string of the molecule is CC1CCCc2[nH]c(=O)[nH]c21. The maximum absolute atomic E-state index is 10.9. The van der Waals surface area contributed by atoms with Crippen LogP contribution in [0.5, 0.6) is 0 Å². The molecule has 3 heteroatoms. The van der Waals surface area contributed by atoms with E-state index in [0.717, 1.165) is 17.8 Å². The summed E-state index contributed by atoms with van der Waals surface area (Å²) in [5, 5.41) is 0. The highest BCUT2D eigenvalue weighted by Crippen LogP contribution is 2.26. The van der Waals surface area contributed by atoms with Gasteiger partial charge < -0.3 is 9.97 Å². The van der Waals surface area contributed by atoms with Crippen molar-refractivity contribution in [3.63, 3.8) is 0 Å². The lowest BCUT2D eigenvalue weighted by atomic mass is 9.92.